The summed E-state index contributed by atoms with van der Waals surface area (Å²) in [5.41, 5.74) is -0.457. The Balaban J connectivity index is 2.13. The molecular weight excluding hydrogens is 290 g/mol. The summed E-state index contributed by atoms with van der Waals surface area (Å²) in [5, 5.41) is 13.0. The molecule has 0 aromatic heterocycles. The number of aliphatic hydroxyl groups excluding tert-OH is 1. The fourth-order valence-corrected chi connectivity index (χ4v) is 2.99. The molecule has 23 heavy (non-hydrogen) atoms. The van der Waals surface area contributed by atoms with E-state index in [2.05, 4.69) is 11.4 Å². The fraction of sp³-hybridized carbons (Fsp3) is 0.842. The van der Waals surface area contributed by atoms with Gasteiger partial charge in [-0.05, 0) is 65.7 Å². The van der Waals surface area contributed by atoms with Crippen molar-refractivity contribution in [2.45, 2.75) is 96.8 Å². The molecular formula is C19H35NO3. The summed E-state index contributed by atoms with van der Waals surface area (Å²) in [6.07, 6.45) is 12.4. The molecule has 0 heterocycles. The SMILES string of the molecule is C[C@H](CCC/C=C/[C@H](O)C1CCCCC1)NC(=O)OC(C)(C)C. The van der Waals surface area contributed by atoms with Crippen LogP contribution in [-0.4, -0.2) is 28.9 Å². The van der Waals surface area contributed by atoms with Gasteiger partial charge in [-0.1, -0.05) is 31.4 Å². The molecule has 0 aromatic carbocycles. The molecule has 0 spiro atoms. The van der Waals surface area contributed by atoms with Crippen molar-refractivity contribution in [1.29, 1.82) is 0 Å². The molecule has 1 amide bonds. The van der Waals surface area contributed by atoms with Gasteiger partial charge in [0.05, 0.1) is 6.10 Å². The van der Waals surface area contributed by atoms with Gasteiger partial charge in [-0.3, -0.25) is 0 Å². The monoisotopic (exact) mass is 325 g/mol. The number of nitrogens with one attached hydrogen (secondary N) is 1. The van der Waals surface area contributed by atoms with Crippen molar-refractivity contribution in [3.8, 4) is 0 Å². The lowest BCUT2D eigenvalue weighted by Gasteiger charge is -2.24. The van der Waals surface area contributed by atoms with Gasteiger partial charge in [0.25, 0.3) is 0 Å². The molecule has 1 aliphatic carbocycles. The second kappa shape index (κ2) is 9.96. The van der Waals surface area contributed by atoms with Gasteiger partial charge < -0.3 is 15.2 Å². The summed E-state index contributed by atoms with van der Waals surface area (Å²) < 4.78 is 5.24. The Labute approximate surface area is 141 Å². The Hall–Kier alpha value is -1.03. The van der Waals surface area contributed by atoms with Crippen LogP contribution in [0.4, 0.5) is 4.79 Å². The highest BCUT2D eigenvalue weighted by molar-refractivity contribution is 5.67. The number of carbonyl (C=O) groups is 1. The van der Waals surface area contributed by atoms with Gasteiger partial charge in [0.15, 0.2) is 0 Å². The largest absolute Gasteiger partial charge is 0.444 e. The number of alkyl carbamates (subject to hydrolysis) is 1. The van der Waals surface area contributed by atoms with Gasteiger partial charge in [0.1, 0.15) is 5.60 Å². The molecule has 0 aliphatic heterocycles. The smallest absolute Gasteiger partial charge is 0.407 e. The number of carbonyl (C=O) groups excluding carboxylic acids is 1. The van der Waals surface area contributed by atoms with Gasteiger partial charge in [0, 0.05) is 6.04 Å². The van der Waals surface area contributed by atoms with Crippen molar-refractivity contribution in [3.63, 3.8) is 0 Å². The number of hydrogen-bond acceptors (Lipinski definition) is 3. The molecule has 1 rings (SSSR count). The standard InChI is InChI=1S/C19H35NO3/c1-15(20-18(22)23-19(2,3)4)11-7-5-10-14-17(21)16-12-8-6-9-13-16/h10,14-17,21H,5-9,11-13H2,1-4H3,(H,20,22)/b14-10+/t15-,17+/m1/s1. The first kappa shape index (κ1) is 20.0. The maximum absolute atomic E-state index is 11.6. The Kier molecular flexibility index (Phi) is 8.67. The van der Waals surface area contributed by atoms with Crippen molar-refractivity contribution in [2.75, 3.05) is 0 Å². The van der Waals surface area contributed by atoms with E-state index in [0.29, 0.717) is 5.92 Å². The molecule has 1 aliphatic rings. The third-order valence-corrected chi connectivity index (χ3v) is 4.24. The first-order valence-electron chi connectivity index (χ1n) is 9.12. The van der Waals surface area contributed by atoms with Crippen LogP contribution in [0.1, 0.15) is 79.1 Å². The normalized spacial score (nSPS) is 19.5. The zero-order chi connectivity index (χ0) is 17.3. The van der Waals surface area contributed by atoms with Gasteiger partial charge in [-0.25, -0.2) is 4.79 Å². The highest BCUT2D eigenvalue weighted by Crippen LogP contribution is 2.27. The average molecular weight is 325 g/mol. The molecule has 0 bridgehead atoms. The quantitative estimate of drug-likeness (QED) is 0.532. The molecule has 1 fully saturated rings. The zero-order valence-electron chi connectivity index (χ0n) is 15.3. The van der Waals surface area contributed by atoms with Crippen molar-refractivity contribution in [1.82, 2.24) is 5.32 Å². The van der Waals surface area contributed by atoms with E-state index in [1.807, 2.05) is 33.8 Å². The zero-order valence-corrected chi connectivity index (χ0v) is 15.3. The summed E-state index contributed by atoms with van der Waals surface area (Å²) in [4.78, 5) is 11.6. The maximum atomic E-state index is 11.6. The van der Waals surface area contributed by atoms with Crippen molar-refractivity contribution < 1.29 is 14.6 Å². The average Bonchev–Trinajstić information content (AvgIpc) is 2.45. The molecule has 0 aromatic rings. The number of hydrogen-bond donors (Lipinski definition) is 2. The van der Waals surface area contributed by atoms with E-state index in [0.717, 1.165) is 32.1 Å². The molecule has 4 nitrogen and oxygen atoms in total. The topological polar surface area (TPSA) is 58.6 Å². The van der Waals surface area contributed by atoms with E-state index in [9.17, 15) is 9.90 Å². The van der Waals surface area contributed by atoms with E-state index >= 15 is 0 Å². The minimum absolute atomic E-state index is 0.0986. The van der Waals surface area contributed by atoms with Crippen molar-refractivity contribution in [2.24, 2.45) is 5.92 Å². The first-order valence-corrected chi connectivity index (χ1v) is 9.12. The molecule has 134 valence electrons. The van der Waals surface area contributed by atoms with Crippen LogP contribution in [0.15, 0.2) is 12.2 Å². The van der Waals surface area contributed by atoms with Crippen LogP contribution < -0.4 is 5.32 Å². The van der Waals surface area contributed by atoms with Gasteiger partial charge in [-0.2, -0.15) is 0 Å². The maximum Gasteiger partial charge on any atom is 0.407 e. The van der Waals surface area contributed by atoms with Crippen LogP contribution in [0.3, 0.4) is 0 Å². The Morgan fingerprint density at radius 1 is 1.30 bits per heavy atom. The lowest BCUT2D eigenvalue weighted by Crippen LogP contribution is -2.37. The first-order chi connectivity index (χ1) is 10.8. The number of rotatable bonds is 7. The van der Waals surface area contributed by atoms with Gasteiger partial charge in [0.2, 0.25) is 0 Å². The summed E-state index contributed by atoms with van der Waals surface area (Å²) >= 11 is 0. The fourth-order valence-electron chi connectivity index (χ4n) is 2.99. The van der Waals surface area contributed by atoms with Crippen LogP contribution in [-0.2, 0) is 4.74 Å². The number of unbranched alkanes of at least 4 members (excludes halogenated alkanes) is 1. The summed E-state index contributed by atoms with van der Waals surface area (Å²) in [6, 6.07) is 0.0986. The van der Waals surface area contributed by atoms with Crippen molar-refractivity contribution >= 4 is 6.09 Å². The highest BCUT2D eigenvalue weighted by Gasteiger charge is 2.19. The van der Waals surface area contributed by atoms with Crippen LogP contribution >= 0.6 is 0 Å². The molecule has 2 atom stereocenters. The van der Waals surface area contributed by atoms with Crippen LogP contribution in [0, 0.1) is 5.92 Å². The number of allylic oxidation sites excluding steroid dienone is 1. The Bertz CT molecular complexity index is 367. The molecule has 4 heteroatoms. The predicted octanol–water partition coefficient (Wildman–Crippen LogP) is 4.57. The lowest BCUT2D eigenvalue weighted by molar-refractivity contribution is 0.0506. The molecule has 0 saturated heterocycles. The van der Waals surface area contributed by atoms with Crippen molar-refractivity contribution in [3.05, 3.63) is 12.2 Å². The van der Waals surface area contributed by atoms with E-state index in [1.54, 1.807) is 0 Å². The second-order valence-corrected chi connectivity index (χ2v) is 7.80. The summed E-state index contributed by atoms with van der Waals surface area (Å²) in [6.45, 7) is 7.57. The minimum atomic E-state index is -0.457. The van der Waals surface area contributed by atoms with Gasteiger partial charge >= 0.3 is 6.09 Å². The predicted molar refractivity (Wildman–Crippen MR) is 94.4 cm³/mol. The van der Waals surface area contributed by atoms with E-state index in [1.165, 1.54) is 19.3 Å². The van der Waals surface area contributed by atoms with E-state index in [4.69, 9.17) is 4.74 Å². The van der Waals surface area contributed by atoms with Gasteiger partial charge in [-0.15, -0.1) is 0 Å². The number of ether oxygens (including phenoxy) is 1. The van der Waals surface area contributed by atoms with Crippen LogP contribution in [0.25, 0.3) is 0 Å². The minimum Gasteiger partial charge on any atom is -0.444 e. The van der Waals surface area contributed by atoms with E-state index in [-0.39, 0.29) is 18.2 Å². The van der Waals surface area contributed by atoms with E-state index < -0.39 is 5.60 Å². The molecule has 2 N–H and O–H groups in total. The number of aliphatic hydroxyl groups is 1. The summed E-state index contributed by atoms with van der Waals surface area (Å²) in [5.74, 6) is 0.452. The van der Waals surface area contributed by atoms with Crippen LogP contribution in [0.2, 0.25) is 0 Å². The summed E-state index contributed by atoms with van der Waals surface area (Å²) in [7, 11) is 0. The second-order valence-electron chi connectivity index (χ2n) is 7.80. The third kappa shape index (κ3) is 9.65. The molecule has 0 radical (unpaired) electrons. The van der Waals surface area contributed by atoms with Crippen LogP contribution in [0.5, 0.6) is 0 Å². The lowest BCUT2D eigenvalue weighted by atomic mass is 9.85. The highest BCUT2D eigenvalue weighted by atomic mass is 16.6. The number of amides is 1. The molecule has 1 saturated carbocycles. The Morgan fingerprint density at radius 3 is 2.57 bits per heavy atom. The molecule has 0 unspecified atom stereocenters. The Morgan fingerprint density at radius 2 is 1.96 bits per heavy atom. The third-order valence-electron chi connectivity index (χ3n) is 4.24.